The van der Waals surface area contributed by atoms with Gasteiger partial charge < -0.3 is 14.2 Å². The maximum absolute atomic E-state index is 13.2. The smallest absolute Gasteiger partial charge is 0.291 e. The number of amides is 2. The quantitative estimate of drug-likeness (QED) is 0.151. The fourth-order valence-electron chi connectivity index (χ4n) is 5.51. The van der Waals surface area contributed by atoms with E-state index in [1.165, 1.54) is 0 Å². The number of nitrogens with one attached hydrogen (secondary N) is 2. The van der Waals surface area contributed by atoms with Crippen LogP contribution in [0.2, 0.25) is 0 Å². The van der Waals surface area contributed by atoms with Crippen LogP contribution in [0.15, 0.2) is 97.2 Å². The van der Waals surface area contributed by atoms with Gasteiger partial charge in [-0.05, 0) is 87.2 Å². The zero-order valence-corrected chi connectivity index (χ0v) is 24.2. The summed E-state index contributed by atoms with van der Waals surface area (Å²) in [4.78, 5) is 26.1. The van der Waals surface area contributed by atoms with Gasteiger partial charge in [0, 0.05) is 34.2 Å². The third-order valence-corrected chi connectivity index (χ3v) is 7.45. The summed E-state index contributed by atoms with van der Waals surface area (Å²) >= 11 is 0. The first-order valence-electron chi connectivity index (χ1n) is 14.2. The molecule has 1 aliphatic carbocycles. The second kappa shape index (κ2) is 11.9. The Bertz CT molecular complexity index is 1880. The van der Waals surface area contributed by atoms with Crippen molar-refractivity contribution in [2.45, 2.75) is 46.5 Å². The second-order valence-electron chi connectivity index (χ2n) is 10.7. The fraction of sp³-hybridized carbons (Fsp3) is 0.206. The summed E-state index contributed by atoms with van der Waals surface area (Å²) in [5.41, 5.74) is 10.7. The number of hydrogen-bond acceptors (Lipinski definition) is 7. The molecule has 0 atom stereocenters. The number of hydrazone groups is 1. The second-order valence-corrected chi connectivity index (χ2v) is 10.7. The molecule has 3 aromatic carbocycles. The average molecular weight is 574 g/mol. The maximum atomic E-state index is 13.2. The molecule has 5 aromatic rings. The molecule has 1 aliphatic rings. The Hall–Kier alpha value is -5.31. The lowest BCUT2D eigenvalue weighted by molar-refractivity contribution is -0.120. The van der Waals surface area contributed by atoms with Crippen molar-refractivity contribution in [3.05, 3.63) is 112 Å². The van der Waals surface area contributed by atoms with Gasteiger partial charge in [0.1, 0.15) is 11.3 Å². The van der Waals surface area contributed by atoms with E-state index in [-0.39, 0.29) is 24.0 Å². The van der Waals surface area contributed by atoms with Gasteiger partial charge in [-0.2, -0.15) is 15.3 Å². The first-order valence-corrected chi connectivity index (χ1v) is 14.2. The molecule has 0 radical (unpaired) electrons. The minimum Gasteiger partial charge on any atom is -0.464 e. The Labute approximate surface area is 248 Å². The number of aryl methyl sites for hydroxylation is 3. The SMILES string of the molecule is Cc1cc(C)c2c(CC(=O)N/N=C3\CCCc4oc(C(=O)Nc5ccc(N=Nc6ccccc6)cc5)c(C)c43)coc2c1. The summed E-state index contributed by atoms with van der Waals surface area (Å²) in [6.07, 6.45) is 3.94. The number of furan rings is 2. The van der Waals surface area contributed by atoms with Gasteiger partial charge in [-0.15, -0.1) is 0 Å². The fourth-order valence-corrected chi connectivity index (χ4v) is 5.51. The van der Waals surface area contributed by atoms with Crippen LogP contribution in [0.1, 0.15) is 57.0 Å². The highest BCUT2D eigenvalue weighted by Gasteiger charge is 2.28. The van der Waals surface area contributed by atoms with E-state index in [1.54, 1.807) is 30.5 Å². The monoisotopic (exact) mass is 573 g/mol. The molecule has 2 heterocycles. The number of hydrogen-bond donors (Lipinski definition) is 2. The molecule has 9 nitrogen and oxygen atoms in total. The van der Waals surface area contributed by atoms with E-state index in [9.17, 15) is 9.59 Å². The van der Waals surface area contributed by atoms with E-state index in [2.05, 4.69) is 32.1 Å². The highest BCUT2D eigenvalue weighted by Crippen LogP contribution is 2.31. The zero-order chi connectivity index (χ0) is 29.9. The van der Waals surface area contributed by atoms with E-state index < -0.39 is 0 Å². The minimum absolute atomic E-state index is 0.144. The van der Waals surface area contributed by atoms with Crippen LogP contribution in [0, 0.1) is 20.8 Å². The lowest BCUT2D eigenvalue weighted by Gasteiger charge is -2.13. The Morgan fingerprint density at radius 3 is 2.42 bits per heavy atom. The normalized spacial score (nSPS) is 13.9. The molecule has 2 aromatic heterocycles. The van der Waals surface area contributed by atoms with Gasteiger partial charge in [0.25, 0.3) is 5.91 Å². The van der Waals surface area contributed by atoms with Crippen LogP contribution in [0.5, 0.6) is 0 Å². The number of carbonyl (C=O) groups is 2. The average Bonchev–Trinajstić information content (AvgIpc) is 3.57. The van der Waals surface area contributed by atoms with Crippen molar-refractivity contribution in [2.24, 2.45) is 15.3 Å². The summed E-state index contributed by atoms with van der Waals surface area (Å²) in [5.74, 6) is 0.333. The molecule has 9 heteroatoms. The number of fused-ring (bicyclic) bond motifs is 2. The molecule has 2 amide bonds. The van der Waals surface area contributed by atoms with E-state index in [1.807, 2.05) is 57.2 Å². The van der Waals surface area contributed by atoms with Gasteiger partial charge in [0.05, 0.1) is 29.8 Å². The highest BCUT2D eigenvalue weighted by atomic mass is 16.4. The molecule has 0 aliphatic heterocycles. The third-order valence-electron chi connectivity index (χ3n) is 7.45. The summed E-state index contributed by atoms with van der Waals surface area (Å²) in [6, 6.07) is 20.6. The Morgan fingerprint density at radius 1 is 0.907 bits per heavy atom. The van der Waals surface area contributed by atoms with Crippen molar-refractivity contribution < 1.29 is 18.4 Å². The predicted octanol–water partition coefficient (Wildman–Crippen LogP) is 8.02. The number of nitrogens with zero attached hydrogens (tertiary/aromatic N) is 3. The topological polar surface area (TPSA) is 122 Å². The number of carbonyl (C=O) groups excluding carboxylic acids is 2. The standard InChI is InChI=1S/C34H31N5O4/c1-20-16-21(2)31-23(19-42-29(31)17-20)18-30(40)39-38-27-10-7-11-28-32(27)22(3)33(43-28)34(41)35-24-12-14-26(15-13-24)37-36-25-8-5-4-6-9-25/h4-6,8-9,12-17,19H,7,10-11,18H2,1-3H3,(H,35,41)(H,39,40)/b37-36?,38-27+. The van der Waals surface area contributed by atoms with Gasteiger partial charge in [-0.3, -0.25) is 9.59 Å². The number of benzene rings is 3. The number of azo groups is 1. The van der Waals surface area contributed by atoms with Gasteiger partial charge >= 0.3 is 0 Å². The lowest BCUT2D eigenvalue weighted by Crippen LogP contribution is -2.23. The van der Waals surface area contributed by atoms with Crippen LogP contribution in [0.3, 0.4) is 0 Å². The molecule has 2 N–H and O–H groups in total. The van der Waals surface area contributed by atoms with Crippen LogP contribution >= 0.6 is 0 Å². The summed E-state index contributed by atoms with van der Waals surface area (Å²) < 4.78 is 11.7. The van der Waals surface area contributed by atoms with Gasteiger partial charge in [0.15, 0.2) is 5.76 Å². The molecule has 0 saturated carbocycles. The molecule has 0 spiro atoms. The van der Waals surface area contributed by atoms with Crippen LogP contribution in [0.4, 0.5) is 17.1 Å². The van der Waals surface area contributed by atoms with Gasteiger partial charge in [-0.25, -0.2) is 5.43 Å². The summed E-state index contributed by atoms with van der Waals surface area (Å²) in [7, 11) is 0. The van der Waals surface area contributed by atoms with Crippen molar-refractivity contribution in [2.75, 3.05) is 5.32 Å². The van der Waals surface area contributed by atoms with E-state index >= 15 is 0 Å². The summed E-state index contributed by atoms with van der Waals surface area (Å²) in [5, 5.41) is 16.8. The maximum Gasteiger partial charge on any atom is 0.291 e. The molecular weight excluding hydrogens is 542 g/mol. The molecule has 0 saturated heterocycles. The van der Waals surface area contributed by atoms with Crippen molar-refractivity contribution >= 4 is 45.6 Å². The molecular formula is C34H31N5O4. The van der Waals surface area contributed by atoms with Gasteiger partial charge in [-0.1, -0.05) is 24.3 Å². The Balaban J connectivity index is 1.13. The van der Waals surface area contributed by atoms with Crippen molar-refractivity contribution in [3.8, 4) is 0 Å². The van der Waals surface area contributed by atoms with Crippen LogP contribution in [0.25, 0.3) is 11.0 Å². The lowest BCUT2D eigenvalue weighted by atomic mass is 9.93. The largest absolute Gasteiger partial charge is 0.464 e. The summed E-state index contributed by atoms with van der Waals surface area (Å²) in [6.45, 7) is 5.87. The van der Waals surface area contributed by atoms with Crippen LogP contribution in [-0.4, -0.2) is 17.5 Å². The number of rotatable bonds is 7. The molecule has 216 valence electrons. The van der Waals surface area contributed by atoms with Crippen molar-refractivity contribution in [1.29, 1.82) is 0 Å². The van der Waals surface area contributed by atoms with E-state index in [0.29, 0.717) is 41.3 Å². The van der Waals surface area contributed by atoms with Gasteiger partial charge in [0.2, 0.25) is 5.91 Å². The predicted molar refractivity (Wildman–Crippen MR) is 165 cm³/mol. The molecule has 43 heavy (non-hydrogen) atoms. The molecule has 6 rings (SSSR count). The Morgan fingerprint density at radius 2 is 1.65 bits per heavy atom. The van der Waals surface area contributed by atoms with E-state index in [0.717, 1.165) is 45.3 Å². The Kier molecular flexibility index (Phi) is 7.70. The number of anilines is 1. The van der Waals surface area contributed by atoms with Crippen molar-refractivity contribution in [1.82, 2.24) is 5.43 Å². The molecule has 0 bridgehead atoms. The van der Waals surface area contributed by atoms with E-state index in [4.69, 9.17) is 8.83 Å². The zero-order valence-electron chi connectivity index (χ0n) is 24.2. The molecule has 0 unspecified atom stereocenters. The third kappa shape index (κ3) is 6.01. The highest BCUT2D eigenvalue weighted by molar-refractivity contribution is 6.09. The first kappa shape index (κ1) is 27.8. The first-order chi connectivity index (χ1) is 20.9. The molecule has 0 fully saturated rings. The van der Waals surface area contributed by atoms with Crippen LogP contribution < -0.4 is 10.7 Å². The van der Waals surface area contributed by atoms with Crippen LogP contribution in [-0.2, 0) is 17.6 Å². The van der Waals surface area contributed by atoms with Crippen molar-refractivity contribution in [3.63, 3.8) is 0 Å². The minimum atomic E-state index is -0.355.